The molecule has 8 heteroatoms. The smallest absolute Gasteiger partial charge is 0.244 e. The number of nitrogens with zero attached hydrogens (tertiary/aromatic N) is 2. The minimum atomic E-state index is -3.83. The fourth-order valence-corrected chi connectivity index (χ4v) is 5.63. The molecule has 0 radical (unpaired) electrons. The summed E-state index contributed by atoms with van der Waals surface area (Å²) >= 11 is 0. The summed E-state index contributed by atoms with van der Waals surface area (Å²) in [7, 11) is -3.83. The number of hydrogen-bond donors (Lipinski definition) is 1. The summed E-state index contributed by atoms with van der Waals surface area (Å²) in [4.78, 5) is 29.6. The molecule has 3 rings (SSSR count). The van der Waals surface area contributed by atoms with E-state index < -0.39 is 28.5 Å². The van der Waals surface area contributed by atoms with Crippen LogP contribution in [-0.4, -0.2) is 50.0 Å². The lowest BCUT2D eigenvalue weighted by atomic mass is 10.0. The van der Waals surface area contributed by atoms with Crippen molar-refractivity contribution in [3.8, 4) is 0 Å². The summed E-state index contributed by atoms with van der Waals surface area (Å²) < 4.78 is 27.4. The number of sulfonamides is 1. The van der Waals surface area contributed by atoms with E-state index >= 15 is 0 Å². The van der Waals surface area contributed by atoms with Crippen molar-refractivity contribution >= 4 is 27.5 Å². The summed E-state index contributed by atoms with van der Waals surface area (Å²) in [5.74, 6) is -0.670. The van der Waals surface area contributed by atoms with Crippen LogP contribution in [0.3, 0.4) is 0 Å². The van der Waals surface area contributed by atoms with Crippen molar-refractivity contribution in [2.75, 3.05) is 17.1 Å². The van der Waals surface area contributed by atoms with E-state index in [0.29, 0.717) is 12.1 Å². The highest BCUT2D eigenvalue weighted by Gasteiger charge is 2.34. The van der Waals surface area contributed by atoms with Gasteiger partial charge in [0.1, 0.15) is 12.6 Å². The Bertz CT molecular complexity index is 1420. The summed E-state index contributed by atoms with van der Waals surface area (Å²) in [6.45, 7) is 9.60. The standard InChI is InChI=1S/C33H43N3O4S/c1-7-26(5)34-33(38)31(21-27-16-9-8-10-17-27)35(22-28-18-12-11-15-25(28)4)32(37)23-36(41(6,39)40)30-20-14-13-19-29(30)24(2)3/h8-20,24,26,31H,7,21-23H2,1-6H3,(H,34,38). The predicted molar refractivity (Wildman–Crippen MR) is 166 cm³/mol. The largest absolute Gasteiger partial charge is 0.352 e. The summed E-state index contributed by atoms with van der Waals surface area (Å²) in [6.07, 6.45) is 2.14. The second-order valence-corrected chi connectivity index (χ2v) is 12.9. The highest BCUT2D eigenvalue weighted by Crippen LogP contribution is 2.29. The van der Waals surface area contributed by atoms with E-state index in [0.717, 1.165) is 34.9 Å². The van der Waals surface area contributed by atoms with E-state index in [1.165, 1.54) is 4.31 Å². The number of benzene rings is 3. The van der Waals surface area contributed by atoms with Crippen molar-refractivity contribution in [2.24, 2.45) is 0 Å². The SMILES string of the molecule is CCC(C)NC(=O)C(Cc1ccccc1)N(Cc1ccccc1C)C(=O)CN(c1ccccc1C(C)C)S(C)(=O)=O. The highest BCUT2D eigenvalue weighted by atomic mass is 32.2. The average Bonchev–Trinajstić information content (AvgIpc) is 2.94. The molecule has 41 heavy (non-hydrogen) atoms. The molecule has 0 spiro atoms. The molecule has 0 aliphatic heterocycles. The van der Waals surface area contributed by atoms with Crippen LogP contribution >= 0.6 is 0 Å². The number of anilines is 1. The van der Waals surface area contributed by atoms with Gasteiger partial charge in [0.25, 0.3) is 0 Å². The number of rotatable bonds is 13. The summed E-state index contributed by atoms with van der Waals surface area (Å²) in [6, 6.07) is 23.6. The Morgan fingerprint density at radius 1 is 0.878 bits per heavy atom. The van der Waals surface area contributed by atoms with Gasteiger partial charge in [0, 0.05) is 19.0 Å². The van der Waals surface area contributed by atoms with Crippen LogP contribution in [-0.2, 0) is 32.6 Å². The molecule has 1 N–H and O–H groups in total. The minimum Gasteiger partial charge on any atom is -0.352 e. The van der Waals surface area contributed by atoms with Gasteiger partial charge in [-0.3, -0.25) is 13.9 Å². The second kappa shape index (κ2) is 14.3. The number of hydrogen-bond acceptors (Lipinski definition) is 4. The number of para-hydroxylation sites is 1. The van der Waals surface area contributed by atoms with Crippen molar-refractivity contribution in [1.82, 2.24) is 10.2 Å². The number of nitrogens with one attached hydrogen (secondary N) is 1. The van der Waals surface area contributed by atoms with Gasteiger partial charge in [-0.15, -0.1) is 0 Å². The lowest BCUT2D eigenvalue weighted by Crippen LogP contribution is -2.54. The quantitative estimate of drug-likeness (QED) is 0.293. The number of aryl methyl sites for hydroxylation is 1. The van der Waals surface area contributed by atoms with Gasteiger partial charge < -0.3 is 10.2 Å². The maximum Gasteiger partial charge on any atom is 0.244 e. The van der Waals surface area contributed by atoms with Crippen molar-refractivity contribution in [2.45, 2.75) is 72.0 Å². The molecular formula is C33H43N3O4S. The molecule has 2 atom stereocenters. The van der Waals surface area contributed by atoms with Crippen LogP contribution < -0.4 is 9.62 Å². The first-order chi connectivity index (χ1) is 19.4. The lowest BCUT2D eigenvalue weighted by Gasteiger charge is -2.35. The molecule has 0 aliphatic carbocycles. The lowest BCUT2D eigenvalue weighted by molar-refractivity contribution is -0.140. The van der Waals surface area contributed by atoms with Crippen LogP contribution in [0.25, 0.3) is 0 Å². The van der Waals surface area contributed by atoms with Crippen LogP contribution in [0.15, 0.2) is 78.9 Å². The molecule has 0 bridgehead atoms. The van der Waals surface area contributed by atoms with Gasteiger partial charge in [-0.05, 0) is 54.5 Å². The van der Waals surface area contributed by atoms with Crippen molar-refractivity contribution in [3.05, 3.63) is 101 Å². The number of carbonyl (C=O) groups excluding carboxylic acids is 2. The van der Waals surface area contributed by atoms with E-state index in [-0.39, 0.29) is 24.4 Å². The van der Waals surface area contributed by atoms with E-state index in [4.69, 9.17) is 0 Å². The maximum atomic E-state index is 14.3. The minimum absolute atomic E-state index is 0.0424. The van der Waals surface area contributed by atoms with Gasteiger partial charge in [0.15, 0.2) is 0 Å². The van der Waals surface area contributed by atoms with Gasteiger partial charge in [-0.2, -0.15) is 0 Å². The van der Waals surface area contributed by atoms with E-state index in [1.807, 2.05) is 101 Å². The fraction of sp³-hybridized carbons (Fsp3) is 0.394. The summed E-state index contributed by atoms with van der Waals surface area (Å²) in [5.41, 5.74) is 4.08. The van der Waals surface area contributed by atoms with Crippen molar-refractivity contribution < 1.29 is 18.0 Å². The third-order valence-corrected chi connectivity index (χ3v) is 8.51. The van der Waals surface area contributed by atoms with E-state index in [2.05, 4.69) is 5.32 Å². The van der Waals surface area contributed by atoms with Gasteiger partial charge >= 0.3 is 0 Å². The van der Waals surface area contributed by atoms with Crippen molar-refractivity contribution in [1.29, 1.82) is 0 Å². The Balaban J connectivity index is 2.11. The molecule has 0 fully saturated rings. The normalized spacial score (nSPS) is 13.0. The maximum absolute atomic E-state index is 14.3. The Kier molecular flexibility index (Phi) is 11.1. The Morgan fingerprint density at radius 3 is 2.10 bits per heavy atom. The van der Waals surface area contributed by atoms with E-state index in [9.17, 15) is 18.0 Å². The molecule has 3 aromatic rings. The first-order valence-electron chi connectivity index (χ1n) is 14.2. The topological polar surface area (TPSA) is 86.8 Å². The first kappa shape index (κ1) is 31.9. The molecule has 3 aromatic carbocycles. The Labute approximate surface area is 245 Å². The molecule has 220 valence electrons. The molecule has 0 aromatic heterocycles. The molecule has 0 aliphatic rings. The Morgan fingerprint density at radius 2 is 1.49 bits per heavy atom. The predicted octanol–water partition coefficient (Wildman–Crippen LogP) is 5.44. The van der Waals surface area contributed by atoms with Gasteiger partial charge in [-0.1, -0.05) is 93.6 Å². The number of carbonyl (C=O) groups is 2. The molecule has 2 unspecified atom stereocenters. The average molecular weight is 578 g/mol. The monoisotopic (exact) mass is 577 g/mol. The first-order valence-corrected chi connectivity index (χ1v) is 16.0. The second-order valence-electron chi connectivity index (χ2n) is 11.0. The molecular weight excluding hydrogens is 534 g/mol. The summed E-state index contributed by atoms with van der Waals surface area (Å²) in [5, 5.41) is 3.06. The molecule has 0 saturated carbocycles. The molecule has 0 heterocycles. The Hall–Kier alpha value is -3.65. The molecule has 0 saturated heterocycles. The van der Waals surface area contributed by atoms with Crippen LogP contribution in [0.5, 0.6) is 0 Å². The van der Waals surface area contributed by atoms with E-state index in [1.54, 1.807) is 17.0 Å². The van der Waals surface area contributed by atoms with Crippen molar-refractivity contribution in [3.63, 3.8) is 0 Å². The third kappa shape index (κ3) is 8.67. The zero-order valence-corrected chi connectivity index (χ0v) is 25.8. The number of amides is 2. The van der Waals surface area contributed by atoms with Crippen LogP contribution in [0.1, 0.15) is 62.3 Å². The molecule has 2 amide bonds. The van der Waals surface area contributed by atoms with Gasteiger partial charge in [-0.25, -0.2) is 8.42 Å². The van der Waals surface area contributed by atoms with Crippen LogP contribution in [0.2, 0.25) is 0 Å². The van der Waals surface area contributed by atoms with Gasteiger partial charge in [0.05, 0.1) is 11.9 Å². The van der Waals surface area contributed by atoms with Crippen LogP contribution in [0, 0.1) is 6.92 Å². The van der Waals surface area contributed by atoms with Gasteiger partial charge in [0.2, 0.25) is 21.8 Å². The third-order valence-electron chi connectivity index (χ3n) is 7.38. The highest BCUT2D eigenvalue weighted by molar-refractivity contribution is 7.92. The van der Waals surface area contributed by atoms with Crippen LogP contribution in [0.4, 0.5) is 5.69 Å². The fourth-order valence-electron chi connectivity index (χ4n) is 4.76. The zero-order chi connectivity index (χ0) is 30.2. The zero-order valence-electron chi connectivity index (χ0n) is 25.0. The molecule has 7 nitrogen and oxygen atoms in total.